The second-order valence-corrected chi connectivity index (χ2v) is 15.2. The molecule has 0 aliphatic carbocycles. The molecule has 7 heteroatoms. The van der Waals surface area contributed by atoms with Gasteiger partial charge in [0.25, 0.3) is 0 Å². The van der Waals surface area contributed by atoms with Gasteiger partial charge in [0.1, 0.15) is 0 Å². The van der Waals surface area contributed by atoms with Crippen molar-refractivity contribution in [2.24, 2.45) is 5.14 Å². The Bertz CT molecular complexity index is 630. The van der Waals surface area contributed by atoms with Gasteiger partial charge in [0.2, 0.25) is 0 Å². The van der Waals surface area contributed by atoms with Crippen LogP contribution in [0.3, 0.4) is 0 Å². The Morgan fingerprint density at radius 1 is 1.16 bits per heavy atom. The zero-order valence-electron chi connectivity index (χ0n) is 16.3. The van der Waals surface area contributed by atoms with Crippen LogP contribution in [0.15, 0.2) is 18.2 Å². The lowest BCUT2D eigenvalue weighted by Gasteiger charge is -2.38. The highest BCUT2D eigenvalue weighted by Gasteiger charge is 2.38. The summed E-state index contributed by atoms with van der Waals surface area (Å²) in [5.74, 6) is -1.98. The lowest BCUT2D eigenvalue weighted by molar-refractivity contribution is 0.250. The zero-order chi connectivity index (χ0) is 19.6. The molecule has 0 fully saturated rings. The average Bonchev–Trinajstić information content (AvgIpc) is 2.45. The molecule has 144 valence electrons. The van der Waals surface area contributed by atoms with Crippen LogP contribution in [0.1, 0.15) is 52.5 Å². The van der Waals surface area contributed by atoms with E-state index >= 15 is 0 Å². The number of hydrogen-bond acceptors (Lipinski definition) is 2. The summed E-state index contributed by atoms with van der Waals surface area (Å²) in [6.07, 6.45) is 0.454. The first-order valence-electron chi connectivity index (χ1n) is 8.42. The van der Waals surface area contributed by atoms with E-state index in [2.05, 4.69) is 33.9 Å². The summed E-state index contributed by atoms with van der Waals surface area (Å²) in [6, 6.07) is 3.88. The van der Waals surface area contributed by atoms with Crippen LogP contribution in [0, 0.1) is 11.6 Å². The van der Waals surface area contributed by atoms with Crippen LogP contribution in [0.2, 0.25) is 18.1 Å². The third-order valence-corrected chi connectivity index (χ3v) is 10.9. The maximum atomic E-state index is 13.7. The fourth-order valence-electron chi connectivity index (χ4n) is 2.24. The maximum Gasteiger partial charge on any atom is 0.192 e. The Morgan fingerprint density at radius 2 is 1.72 bits per heavy atom. The van der Waals surface area contributed by atoms with Crippen molar-refractivity contribution in [1.82, 2.24) is 0 Å². The minimum Gasteiger partial charge on any atom is -0.416 e. The fourth-order valence-corrected chi connectivity index (χ4v) is 3.66. The second kappa shape index (κ2) is 7.94. The second-order valence-electron chi connectivity index (χ2n) is 8.70. The molecule has 0 aliphatic heterocycles. The molecule has 0 heterocycles. The van der Waals surface area contributed by atoms with Crippen molar-refractivity contribution < 1.29 is 17.4 Å². The van der Waals surface area contributed by atoms with Crippen LogP contribution >= 0.6 is 0 Å². The number of nitrogens with two attached hydrogens (primary N) is 1. The molecule has 1 aromatic carbocycles. The van der Waals surface area contributed by atoms with Crippen molar-refractivity contribution >= 4 is 19.3 Å². The van der Waals surface area contributed by atoms with Gasteiger partial charge in [-0.1, -0.05) is 26.8 Å². The first-order valence-corrected chi connectivity index (χ1v) is 12.5. The molecule has 0 spiro atoms. The Balaban J connectivity index is 3.11. The van der Waals surface area contributed by atoms with Crippen molar-refractivity contribution in [3.8, 4) is 0 Å². The predicted octanol–water partition coefficient (Wildman–Crippen LogP) is 4.86. The summed E-state index contributed by atoms with van der Waals surface area (Å²) in [5.41, 5.74) is 0.635. The van der Waals surface area contributed by atoms with Gasteiger partial charge in [-0.3, -0.25) is 5.14 Å². The predicted molar refractivity (Wildman–Crippen MR) is 103 cm³/mol. The number of rotatable bonds is 7. The van der Waals surface area contributed by atoms with Gasteiger partial charge in [0, 0.05) is 12.5 Å². The molecule has 1 aromatic rings. The smallest absolute Gasteiger partial charge is 0.192 e. The van der Waals surface area contributed by atoms with Crippen LogP contribution < -0.4 is 5.14 Å². The van der Waals surface area contributed by atoms with E-state index in [1.165, 1.54) is 6.07 Å². The van der Waals surface area contributed by atoms with E-state index in [1.54, 1.807) is 6.07 Å². The molecule has 0 amide bonds. The van der Waals surface area contributed by atoms with Gasteiger partial charge in [-0.2, -0.15) is 0 Å². The Kier molecular flexibility index (Phi) is 7.12. The molecular formula is C18H31F2NO2SSi. The van der Waals surface area contributed by atoms with Crippen molar-refractivity contribution in [1.29, 1.82) is 0 Å². The average molecular weight is 392 g/mol. The van der Waals surface area contributed by atoms with Gasteiger partial charge in [0.15, 0.2) is 20.0 Å². The van der Waals surface area contributed by atoms with Crippen LogP contribution in [-0.4, -0.2) is 23.9 Å². The highest BCUT2D eigenvalue weighted by molar-refractivity contribution is 7.84. The summed E-state index contributed by atoms with van der Waals surface area (Å²) in [6.45, 7) is 14.7. The Hall–Kier alpha value is -0.633. The van der Waals surface area contributed by atoms with Crippen molar-refractivity contribution in [3.63, 3.8) is 0 Å². The molecule has 0 saturated heterocycles. The lowest BCUT2D eigenvalue weighted by atomic mass is 9.90. The summed E-state index contributed by atoms with van der Waals surface area (Å²) in [4.78, 5) is 0. The van der Waals surface area contributed by atoms with Crippen molar-refractivity contribution in [3.05, 3.63) is 35.4 Å². The third-order valence-electron chi connectivity index (χ3n) is 5.15. The first-order chi connectivity index (χ1) is 11.2. The van der Waals surface area contributed by atoms with E-state index in [-0.39, 0.29) is 11.0 Å². The van der Waals surface area contributed by atoms with Crippen LogP contribution in [0.25, 0.3) is 0 Å². The molecule has 3 nitrogen and oxygen atoms in total. The van der Waals surface area contributed by atoms with Gasteiger partial charge < -0.3 is 4.43 Å². The highest BCUT2D eigenvalue weighted by Crippen LogP contribution is 2.38. The van der Waals surface area contributed by atoms with E-state index in [9.17, 15) is 13.0 Å². The number of benzene rings is 1. The third kappa shape index (κ3) is 5.94. The summed E-state index contributed by atoms with van der Waals surface area (Å²) in [7, 11) is -3.54. The Labute approximate surface area is 154 Å². The quantitative estimate of drug-likeness (QED) is 0.675. The minimum absolute atomic E-state index is 0.0395. The van der Waals surface area contributed by atoms with E-state index in [1.807, 2.05) is 13.8 Å². The fraction of sp³-hybridized carbons (Fsp3) is 0.667. The molecule has 0 radical (unpaired) electrons. The molecule has 0 aromatic heterocycles. The van der Waals surface area contributed by atoms with Crippen LogP contribution in [0.4, 0.5) is 8.78 Å². The summed E-state index contributed by atoms with van der Waals surface area (Å²) < 4.78 is 44.5. The minimum atomic E-state index is -2.00. The molecule has 2 N–H and O–H groups in total. The van der Waals surface area contributed by atoms with Gasteiger partial charge in [-0.15, -0.1) is 0 Å². The van der Waals surface area contributed by atoms with Crippen molar-refractivity contribution in [2.45, 2.75) is 69.8 Å². The largest absolute Gasteiger partial charge is 0.416 e. The van der Waals surface area contributed by atoms with Gasteiger partial charge >= 0.3 is 0 Å². The SMILES string of the molecule is CC(C)(C[C@@H](CO[Si](C)(C)C(C)(C)C)c1ccc(F)c(F)c1)S(N)=O. The molecule has 0 bridgehead atoms. The topological polar surface area (TPSA) is 52.3 Å². The molecule has 25 heavy (non-hydrogen) atoms. The van der Waals surface area contributed by atoms with Gasteiger partial charge in [-0.25, -0.2) is 13.0 Å². The Morgan fingerprint density at radius 3 is 2.16 bits per heavy atom. The lowest BCUT2D eigenvalue weighted by Crippen LogP contribution is -2.42. The number of halogens is 2. The zero-order valence-corrected chi connectivity index (χ0v) is 18.1. The monoisotopic (exact) mass is 391 g/mol. The molecule has 0 aliphatic rings. The van der Waals surface area contributed by atoms with E-state index in [4.69, 9.17) is 9.56 Å². The standard InChI is InChI=1S/C18H31F2NO2SSi/c1-17(2,3)25(6,7)23-12-14(11-18(4,5)24(21)22)13-8-9-15(19)16(20)10-13/h8-10,14H,11-12,21H2,1-7H3/t14-,24?/m0/s1. The van der Waals surface area contributed by atoms with Crippen molar-refractivity contribution in [2.75, 3.05) is 6.61 Å². The van der Waals surface area contributed by atoms with Crippen LogP contribution in [-0.2, 0) is 15.4 Å². The number of hydrogen-bond donors (Lipinski definition) is 1. The highest BCUT2D eigenvalue weighted by atomic mass is 32.2. The molecule has 2 atom stereocenters. The van der Waals surface area contributed by atoms with Crippen LogP contribution in [0.5, 0.6) is 0 Å². The van der Waals surface area contributed by atoms with Gasteiger partial charge in [-0.05, 0) is 56.1 Å². The van der Waals surface area contributed by atoms with E-state index in [0.717, 1.165) is 6.07 Å². The van der Waals surface area contributed by atoms with E-state index in [0.29, 0.717) is 18.6 Å². The maximum absolute atomic E-state index is 13.7. The molecule has 0 saturated carbocycles. The van der Waals surface area contributed by atoms with Gasteiger partial charge in [0.05, 0.1) is 15.7 Å². The molecule has 1 unspecified atom stereocenters. The first kappa shape index (κ1) is 22.4. The van der Waals surface area contributed by atoms with E-state index < -0.39 is 35.7 Å². The normalized spacial score (nSPS) is 15.9. The summed E-state index contributed by atoms with van der Waals surface area (Å²) in [5, 5.41) is 5.65. The molecule has 1 rings (SSSR count). The summed E-state index contributed by atoms with van der Waals surface area (Å²) >= 11 is 0. The molecular weight excluding hydrogens is 360 g/mol.